The monoisotopic (exact) mass is 525 g/mol. The Morgan fingerprint density at radius 1 is 1.16 bits per heavy atom. The van der Waals surface area contributed by atoms with Crippen molar-refractivity contribution in [1.82, 2.24) is 19.8 Å². The summed E-state index contributed by atoms with van der Waals surface area (Å²) in [5.74, 6) is -0.490. The summed E-state index contributed by atoms with van der Waals surface area (Å²) >= 11 is 0. The number of nitrogens with zero attached hydrogens (tertiary/aromatic N) is 4. The summed E-state index contributed by atoms with van der Waals surface area (Å²) in [4.78, 5) is 38.5. The van der Waals surface area contributed by atoms with Gasteiger partial charge in [-0.2, -0.15) is 0 Å². The first-order chi connectivity index (χ1) is 18.5. The predicted molar refractivity (Wildman–Crippen MR) is 142 cm³/mol. The van der Waals surface area contributed by atoms with E-state index in [1.54, 1.807) is 6.20 Å². The van der Waals surface area contributed by atoms with Gasteiger partial charge in [-0.25, -0.2) is 9.97 Å². The van der Waals surface area contributed by atoms with E-state index in [1.165, 1.54) is 6.33 Å². The molecule has 1 saturated heterocycles. The van der Waals surface area contributed by atoms with Crippen molar-refractivity contribution in [2.24, 2.45) is 11.7 Å². The summed E-state index contributed by atoms with van der Waals surface area (Å²) in [7, 11) is 0. The van der Waals surface area contributed by atoms with E-state index in [-0.39, 0.29) is 31.2 Å². The van der Waals surface area contributed by atoms with E-state index in [0.717, 1.165) is 36.9 Å². The zero-order valence-corrected chi connectivity index (χ0v) is 22.1. The van der Waals surface area contributed by atoms with Gasteiger partial charge in [0.05, 0.1) is 12.5 Å². The van der Waals surface area contributed by atoms with Crippen LogP contribution in [0.1, 0.15) is 56.2 Å². The number of hydrogen-bond acceptors (Lipinski definition) is 8. The predicted octanol–water partition coefficient (Wildman–Crippen LogP) is 2.67. The highest BCUT2D eigenvalue weighted by molar-refractivity contribution is 5.79. The Balaban J connectivity index is 1.57. The van der Waals surface area contributed by atoms with Crippen molar-refractivity contribution in [1.29, 1.82) is 0 Å². The number of rotatable bonds is 14. The standard InChI is InChI=1S/C28H39N5O5/c1-2-3-13-32(14-5-4-11-29)26(34)17-33-16-22(20-6-9-24-25(15-20)38-19-37-24)27(28(35)36)23(33)8-7-21-10-12-30-18-31-21/h6,9-10,12,15,18,22-23,27H,2-5,7-8,11,13-14,16-17,19,29H2,1H3,(H,35,36). The molecule has 0 spiro atoms. The number of nitrogens with two attached hydrogens (primary N) is 1. The minimum Gasteiger partial charge on any atom is -0.481 e. The van der Waals surface area contributed by atoms with Crippen molar-refractivity contribution in [2.75, 3.05) is 39.5 Å². The van der Waals surface area contributed by atoms with Gasteiger partial charge in [0, 0.05) is 43.5 Å². The van der Waals surface area contributed by atoms with Crippen molar-refractivity contribution in [3.8, 4) is 11.5 Å². The molecule has 0 radical (unpaired) electrons. The van der Waals surface area contributed by atoms with Crippen molar-refractivity contribution in [3.05, 3.63) is 48.0 Å². The molecule has 3 heterocycles. The first kappa shape index (κ1) is 27.8. The molecular weight excluding hydrogens is 486 g/mol. The molecule has 4 rings (SSSR count). The molecule has 0 bridgehead atoms. The van der Waals surface area contributed by atoms with E-state index >= 15 is 0 Å². The Bertz CT molecular complexity index is 1070. The molecule has 38 heavy (non-hydrogen) atoms. The van der Waals surface area contributed by atoms with Crippen LogP contribution in [-0.4, -0.2) is 82.3 Å². The number of aromatic nitrogens is 2. The molecule has 10 nitrogen and oxygen atoms in total. The largest absolute Gasteiger partial charge is 0.481 e. The Hall–Kier alpha value is -3.24. The third kappa shape index (κ3) is 6.79. The minimum absolute atomic E-state index is 0.0398. The second-order valence-corrected chi connectivity index (χ2v) is 10.0. The van der Waals surface area contributed by atoms with Crippen molar-refractivity contribution in [2.45, 2.75) is 57.4 Å². The van der Waals surface area contributed by atoms with Gasteiger partial charge in [0.2, 0.25) is 12.7 Å². The van der Waals surface area contributed by atoms with E-state index < -0.39 is 11.9 Å². The number of amides is 1. The van der Waals surface area contributed by atoms with Crippen molar-refractivity contribution in [3.63, 3.8) is 0 Å². The summed E-state index contributed by atoms with van der Waals surface area (Å²) in [6.45, 7) is 4.90. The summed E-state index contributed by atoms with van der Waals surface area (Å²) in [5.41, 5.74) is 7.42. The van der Waals surface area contributed by atoms with Gasteiger partial charge in [-0.05, 0) is 62.4 Å². The van der Waals surface area contributed by atoms with Gasteiger partial charge in [-0.15, -0.1) is 0 Å². The molecule has 3 unspecified atom stereocenters. The molecule has 1 amide bonds. The van der Waals surface area contributed by atoms with Crippen LogP contribution in [0.2, 0.25) is 0 Å². The van der Waals surface area contributed by atoms with E-state index in [4.69, 9.17) is 15.2 Å². The highest BCUT2D eigenvalue weighted by atomic mass is 16.7. The quantitative estimate of drug-likeness (QED) is 0.357. The summed E-state index contributed by atoms with van der Waals surface area (Å²) in [6.07, 6.45) is 8.03. The van der Waals surface area contributed by atoms with Gasteiger partial charge in [-0.3, -0.25) is 14.5 Å². The maximum Gasteiger partial charge on any atom is 0.308 e. The first-order valence-electron chi connectivity index (χ1n) is 13.6. The number of unbranched alkanes of at least 4 members (excludes halogenated alkanes) is 2. The number of carboxylic acid groups (broad SMARTS) is 1. The van der Waals surface area contributed by atoms with Crippen molar-refractivity contribution < 1.29 is 24.2 Å². The summed E-state index contributed by atoms with van der Waals surface area (Å²) < 4.78 is 11.0. The molecule has 0 saturated carbocycles. The van der Waals surface area contributed by atoms with Crippen LogP contribution in [0.15, 0.2) is 36.8 Å². The molecular formula is C28H39N5O5. The average Bonchev–Trinajstić information content (AvgIpc) is 3.54. The second kappa shape index (κ2) is 13.5. The van der Waals surface area contributed by atoms with E-state index in [0.29, 0.717) is 50.5 Å². The Morgan fingerprint density at radius 3 is 2.71 bits per heavy atom. The summed E-state index contributed by atoms with van der Waals surface area (Å²) in [5, 5.41) is 10.4. The summed E-state index contributed by atoms with van der Waals surface area (Å²) in [6, 6.07) is 7.17. The molecule has 1 fully saturated rings. The molecule has 2 aliphatic rings. The van der Waals surface area contributed by atoms with Gasteiger partial charge in [0.15, 0.2) is 11.5 Å². The molecule has 206 valence electrons. The molecule has 1 aromatic heterocycles. The van der Waals surface area contributed by atoms with Crippen LogP contribution in [0.4, 0.5) is 0 Å². The zero-order valence-electron chi connectivity index (χ0n) is 22.1. The Morgan fingerprint density at radius 2 is 1.97 bits per heavy atom. The smallest absolute Gasteiger partial charge is 0.308 e. The zero-order chi connectivity index (χ0) is 26.9. The molecule has 0 aliphatic carbocycles. The van der Waals surface area contributed by atoms with Crippen LogP contribution in [0.5, 0.6) is 11.5 Å². The molecule has 3 atom stereocenters. The highest BCUT2D eigenvalue weighted by Crippen LogP contribution is 2.43. The van der Waals surface area contributed by atoms with Crippen LogP contribution in [0.25, 0.3) is 0 Å². The number of carboxylic acids is 1. The number of aliphatic carboxylic acids is 1. The Kier molecular flexibility index (Phi) is 9.89. The van der Waals surface area contributed by atoms with Crippen LogP contribution in [0.3, 0.4) is 0 Å². The number of carbonyl (C=O) groups is 2. The molecule has 2 aromatic rings. The average molecular weight is 526 g/mol. The van der Waals surface area contributed by atoms with Gasteiger partial charge < -0.3 is 25.2 Å². The van der Waals surface area contributed by atoms with Gasteiger partial charge >= 0.3 is 5.97 Å². The first-order valence-corrected chi connectivity index (χ1v) is 13.6. The lowest BCUT2D eigenvalue weighted by Gasteiger charge is -2.29. The number of benzene rings is 1. The van der Waals surface area contributed by atoms with Crippen molar-refractivity contribution >= 4 is 11.9 Å². The maximum atomic E-state index is 13.5. The lowest BCUT2D eigenvalue weighted by atomic mass is 9.83. The van der Waals surface area contributed by atoms with Gasteiger partial charge in [0.1, 0.15) is 6.33 Å². The normalized spacial score (nSPS) is 20.5. The van der Waals surface area contributed by atoms with E-state index in [1.807, 2.05) is 29.2 Å². The van der Waals surface area contributed by atoms with Crippen LogP contribution in [0, 0.1) is 5.92 Å². The second-order valence-electron chi connectivity index (χ2n) is 10.0. The highest BCUT2D eigenvalue weighted by Gasteiger charge is 2.47. The molecule has 1 aromatic carbocycles. The third-order valence-corrected chi connectivity index (χ3v) is 7.55. The SMILES string of the molecule is CCCCN(CCCCN)C(=O)CN1CC(c2ccc3c(c2)OCO3)C(C(=O)O)C1CCc1ccncn1. The van der Waals surface area contributed by atoms with E-state index in [2.05, 4.69) is 21.8 Å². The molecule has 10 heteroatoms. The lowest BCUT2D eigenvalue weighted by molar-refractivity contribution is -0.143. The number of aryl methyl sites for hydroxylation is 1. The third-order valence-electron chi connectivity index (χ3n) is 7.55. The van der Waals surface area contributed by atoms with Crippen LogP contribution >= 0.6 is 0 Å². The van der Waals surface area contributed by atoms with Crippen LogP contribution in [-0.2, 0) is 16.0 Å². The Labute approximate surface area is 224 Å². The minimum atomic E-state index is -0.860. The number of carbonyl (C=O) groups excluding carboxylic acids is 1. The topological polar surface area (TPSA) is 131 Å². The fraction of sp³-hybridized carbons (Fsp3) is 0.571. The number of ether oxygens (including phenoxy) is 2. The number of likely N-dealkylation sites (tertiary alicyclic amines) is 1. The molecule has 3 N–H and O–H groups in total. The maximum absolute atomic E-state index is 13.5. The van der Waals surface area contributed by atoms with Gasteiger partial charge in [0.25, 0.3) is 0 Å². The van der Waals surface area contributed by atoms with E-state index in [9.17, 15) is 14.7 Å². The molecule has 2 aliphatic heterocycles. The number of fused-ring (bicyclic) bond motifs is 1. The van der Waals surface area contributed by atoms with Crippen LogP contribution < -0.4 is 15.2 Å². The van der Waals surface area contributed by atoms with Gasteiger partial charge in [-0.1, -0.05) is 19.4 Å². The number of hydrogen-bond donors (Lipinski definition) is 2. The fourth-order valence-electron chi connectivity index (χ4n) is 5.53. The lowest BCUT2D eigenvalue weighted by Crippen LogP contribution is -2.45. The fourth-order valence-corrected chi connectivity index (χ4v) is 5.53.